The van der Waals surface area contributed by atoms with Gasteiger partial charge in [-0.25, -0.2) is 0 Å². The molecule has 25 heavy (non-hydrogen) atoms. The summed E-state index contributed by atoms with van der Waals surface area (Å²) >= 11 is 5.91. The highest BCUT2D eigenvalue weighted by Gasteiger charge is 2.09. The fourth-order valence-corrected chi connectivity index (χ4v) is 2.78. The van der Waals surface area contributed by atoms with Crippen LogP contribution in [-0.2, 0) is 13.2 Å². The molecule has 1 aromatic heterocycles. The van der Waals surface area contributed by atoms with Gasteiger partial charge in [0.15, 0.2) is 0 Å². The summed E-state index contributed by atoms with van der Waals surface area (Å²) in [6.45, 7) is 0.108. The van der Waals surface area contributed by atoms with Crippen LogP contribution in [0.2, 0.25) is 5.02 Å². The molecule has 0 bridgehead atoms. The van der Waals surface area contributed by atoms with E-state index in [9.17, 15) is 9.90 Å². The van der Waals surface area contributed by atoms with Gasteiger partial charge in [0.1, 0.15) is 5.75 Å². The molecule has 0 radical (unpaired) electrons. The second-order valence-electron chi connectivity index (χ2n) is 5.70. The third-order valence-corrected chi connectivity index (χ3v) is 4.27. The Morgan fingerprint density at radius 3 is 2.32 bits per heavy atom. The van der Waals surface area contributed by atoms with Gasteiger partial charge in [0, 0.05) is 16.8 Å². The summed E-state index contributed by atoms with van der Waals surface area (Å²) in [5.74, 6) is 0.764. The maximum absolute atomic E-state index is 12.5. The van der Waals surface area contributed by atoms with Gasteiger partial charge < -0.3 is 14.4 Å². The minimum absolute atomic E-state index is 0.199. The van der Waals surface area contributed by atoms with Gasteiger partial charge in [-0.1, -0.05) is 35.9 Å². The zero-order chi connectivity index (χ0) is 17.8. The Hall–Kier alpha value is -2.56. The lowest BCUT2D eigenvalue weighted by atomic mass is 10.1. The number of ether oxygens (including phenoxy) is 1. The fourth-order valence-electron chi connectivity index (χ4n) is 2.66. The average Bonchev–Trinajstić information content (AvgIpc) is 2.65. The molecule has 1 heterocycles. The van der Waals surface area contributed by atoms with Crippen LogP contribution in [-0.4, -0.2) is 16.8 Å². The highest BCUT2D eigenvalue weighted by Crippen LogP contribution is 2.22. The fraction of sp³-hybridized carbons (Fsp3) is 0.150. The smallest absolute Gasteiger partial charge is 0.256 e. The Bertz CT molecular complexity index is 915. The SMILES string of the molecule is COc1ccc(-c2cc(CO)c(=O)n(Cc3ccc(Cl)cc3)c2)cc1. The standard InChI is InChI=1S/C20H18ClNO3/c1-25-19-8-4-15(5-9-19)16-10-17(13-23)20(24)22(12-16)11-14-2-6-18(21)7-3-14/h2-10,12,23H,11,13H2,1H3. The number of aliphatic hydroxyl groups is 1. The summed E-state index contributed by atoms with van der Waals surface area (Å²) in [5, 5.41) is 10.2. The first-order chi connectivity index (χ1) is 12.1. The molecule has 0 amide bonds. The van der Waals surface area contributed by atoms with Crippen LogP contribution in [0.15, 0.2) is 65.6 Å². The van der Waals surface area contributed by atoms with Gasteiger partial charge in [-0.3, -0.25) is 4.79 Å². The van der Waals surface area contributed by atoms with Crippen molar-refractivity contribution in [3.05, 3.63) is 87.3 Å². The Morgan fingerprint density at radius 2 is 1.72 bits per heavy atom. The molecular formula is C20H18ClNO3. The zero-order valence-corrected chi connectivity index (χ0v) is 14.5. The lowest BCUT2D eigenvalue weighted by molar-refractivity contribution is 0.279. The third kappa shape index (κ3) is 3.92. The number of nitrogens with zero attached hydrogens (tertiary/aromatic N) is 1. The van der Waals surface area contributed by atoms with Crippen molar-refractivity contribution < 1.29 is 9.84 Å². The predicted molar refractivity (Wildman–Crippen MR) is 99.2 cm³/mol. The van der Waals surface area contributed by atoms with Crippen molar-refractivity contribution in [1.82, 2.24) is 4.57 Å². The Labute approximate surface area is 150 Å². The molecule has 0 saturated heterocycles. The summed E-state index contributed by atoms with van der Waals surface area (Å²) in [6, 6.07) is 16.7. The molecule has 2 aromatic carbocycles. The number of rotatable bonds is 5. The number of halogens is 1. The van der Waals surface area contributed by atoms with E-state index in [0.717, 1.165) is 22.4 Å². The van der Waals surface area contributed by atoms with E-state index in [1.807, 2.05) is 36.4 Å². The molecule has 0 atom stereocenters. The number of aliphatic hydroxyl groups excluding tert-OH is 1. The summed E-state index contributed by atoms with van der Waals surface area (Å²) in [4.78, 5) is 12.5. The molecule has 3 aromatic rings. The van der Waals surface area contributed by atoms with E-state index in [1.165, 1.54) is 0 Å². The zero-order valence-electron chi connectivity index (χ0n) is 13.8. The van der Waals surface area contributed by atoms with Crippen LogP contribution in [0.25, 0.3) is 11.1 Å². The maximum atomic E-state index is 12.5. The van der Waals surface area contributed by atoms with E-state index in [-0.39, 0.29) is 12.2 Å². The number of methoxy groups -OCH3 is 1. The van der Waals surface area contributed by atoms with E-state index in [2.05, 4.69) is 0 Å². The number of hydrogen-bond acceptors (Lipinski definition) is 3. The molecule has 3 rings (SSSR count). The second-order valence-corrected chi connectivity index (χ2v) is 6.14. The third-order valence-electron chi connectivity index (χ3n) is 4.02. The van der Waals surface area contributed by atoms with Crippen molar-refractivity contribution in [2.24, 2.45) is 0 Å². The molecular weight excluding hydrogens is 338 g/mol. The Morgan fingerprint density at radius 1 is 1.04 bits per heavy atom. The van der Waals surface area contributed by atoms with Gasteiger partial charge in [-0.15, -0.1) is 0 Å². The molecule has 0 spiro atoms. The highest BCUT2D eigenvalue weighted by molar-refractivity contribution is 6.30. The van der Waals surface area contributed by atoms with Crippen LogP contribution in [0.4, 0.5) is 0 Å². The molecule has 0 fully saturated rings. The normalized spacial score (nSPS) is 10.7. The molecule has 0 saturated carbocycles. The van der Waals surface area contributed by atoms with E-state index < -0.39 is 0 Å². The monoisotopic (exact) mass is 355 g/mol. The minimum Gasteiger partial charge on any atom is -0.497 e. The largest absolute Gasteiger partial charge is 0.497 e. The van der Waals surface area contributed by atoms with Gasteiger partial charge in [0.25, 0.3) is 5.56 Å². The van der Waals surface area contributed by atoms with Gasteiger partial charge in [-0.2, -0.15) is 0 Å². The van der Waals surface area contributed by atoms with E-state index >= 15 is 0 Å². The van der Waals surface area contributed by atoms with Crippen molar-refractivity contribution in [3.8, 4) is 16.9 Å². The minimum atomic E-state index is -0.302. The van der Waals surface area contributed by atoms with Crippen LogP contribution in [0.1, 0.15) is 11.1 Å². The van der Waals surface area contributed by atoms with Crippen molar-refractivity contribution >= 4 is 11.6 Å². The number of benzene rings is 2. The first-order valence-electron chi connectivity index (χ1n) is 7.84. The average molecular weight is 356 g/mol. The molecule has 5 heteroatoms. The number of pyridine rings is 1. The van der Waals surface area contributed by atoms with Gasteiger partial charge in [0.05, 0.1) is 20.3 Å². The predicted octanol–water partition coefficient (Wildman–Crippen LogP) is 3.72. The van der Waals surface area contributed by atoms with Crippen molar-refractivity contribution in [3.63, 3.8) is 0 Å². The van der Waals surface area contributed by atoms with Crippen LogP contribution in [0, 0.1) is 0 Å². The maximum Gasteiger partial charge on any atom is 0.256 e. The molecule has 128 valence electrons. The molecule has 0 aliphatic rings. The summed E-state index contributed by atoms with van der Waals surface area (Å²) in [6.07, 6.45) is 1.80. The topological polar surface area (TPSA) is 51.5 Å². The first-order valence-corrected chi connectivity index (χ1v) is 8.21. The van der Waals surface area contributed by atoms with E-state index in [1.54, 1.807) is 36.1 Å². The number of aromatic nitrogens is 1. The van der Waals surface area contributed by atoms with Crippen LogP contribution in [0.3, 0.4) is 0 Å². The molecule has 0 aliphatic carbocycles. The molecule has 0 aliphatic heterocycles. The summed E-state index contributed by atoms with van der Waals surface area (Å²) in [7, 11) is 1.62. The molecule has 4 nitrogen and oxygen atoms in total. The lowest BCUT2D eigenvalue weighted by Gasteiger charge is -2.12. The van der Waals surface area contributed by atoms with Gasteiger partial charge in [0.2, 0.25) is 0 Å². The molecule has 1 N–H and O–H groups in total. The van der Waals surface area contributed by atoms with Crippen LogP contribution < -0.4 is 10.3 Å². The van der Waals surface area contributed by atoms with Gasteiger partial charge >= 0.3 is 0 Å². The second kappa shape index (κ2) is 7.55. The lowest BCUT2D eigenvalue weighted by Crippen LogP contribution is -2.24. The Kier molecular flexibility index (Phi) is 5.22. The van der Waals surface area contributed by atoms with Crippen molar-refractivity contribution in [2.75, 3.05) is 7.11 Å². The summed E-state index contributed by atoms with van der Waals surface area (Å²) < 4.78 is 6.78. The Balaban J connectivity index is 2.02. The first kappa shape index (κ1) is 17.3. The molecule has 0 unspecified atom stereocenters. The van der Waals surface area contributed by atoms with Crippen LogP contribution in [0.5, 0.6) is 5.75 Å². The van der Waals surface area contributed by atoms with E-state index in [4.69, 9.17) is 16.3 Å². The van der Waals surface area contributed by atoms with E-state index in [0.29, 0.717) is 17.1 Å². The van der Waals surface area contributed by atoms with Crippen LogP contribution >= 0.6 is 11.6 Å². The van der Waals surface area contributed by atoms with Crippen molar-refractivity contribution in [1.29, 1.82) is 0 Å². The summed E-state index contributed by atoms with van der Waals surface area (Å²) in [5.41, 5.74) is 2.93. The van der Waals surface area contributed by atoms with Crippen molar-refractivity contribution in [2.45, 2.75) is 13.2 Å². The quantitative estimate of drug-likeness (QED) is 0.759. The van der Waals surface area contributed by atoms with Gasteiger partial charge in [-0.05, 0) is 47.0 Å². The number of hydrogen-bond donors (Lipinski definition) is 1. The highest BCUT2D eigenvalue weighted by atomic mass is 35.5.